The minimum absolute atomic E-state index is 0.109. The van der Waals surface area contributed by atoms with Crippen LogP contribution in [0.4, 0.5) is 19.0 Å². The number of hydrogen-bond donors (Lipinski definition) is 3. The lowest BCUT2D eigenvalue weighted by Crippen LogP contribution is -2.34. The van der Waals surface area contributed by atoms with Crippen LogP contribution >= 0.6 is 0 Å². The van der Waals surface area contributed by atoms with Crippen molar-refractivity contribution in [1.82, 2.24) is 39.0 Å². The van der Waals surface area contributed by atoms with Gasteiger partial charge in [-0.1, -0.05) is 42.2 Å². The summed E-state index contributed by atoms with van der Waals surface area (Å²) >= 11 is 0. The van der Waals surface area contributed by atoms with Crippen molar-refractivity contribution in [3.63, 3.8) is 0 Å². The summed E-state index contributed by atoms with van der Waals surface area (Å²) in [6.45, 7) is 0.419. The van der Waals surface area contributed by atoms with Gasteiger partial charge in [0.2, 0.25) is 0 Å². The lowest BCUT2D eigenvalue weighted by atomic mass is 10.0. The van der Waals surface area contributed by atoms with Crippen molar-refractivity contribution in [2.24, 2.45) is 0 Å². The fourth-order valence-corrected chi connectivity index (χ4v) is 6.70. The van der Waals surface area contributed by atoms with Gasteiger partial charge in [-0.25, -0.2) is 9.50 Å². The van der Waals surface area contributed by atoms with Crippen LogP contribution in [-0.4, -0.2) is 55.5 Å². The van der Waals surface area contributed by atoms with Gasteiger partial charge in [-0.15, -0.1) is 5.10 Å². The molecule has 0 bridgehead atoms. The van der Waals surface area contributed by atoms with E-state index in [1.807, 2.05) is 0 Å². The molecule has 0 saturated heterocycles. The third kappa shape index (κ3) is 7.32. The molecule has 7 rings (SSSR count). The lowest BCUT2D eigenvalue weighted by molar-refractivity contribution is -0.142. The summed E-state index contributed by atoms with van der Waals surface area (Å²) < 4.78 is 72.4. The molecule has 0 aliphatic heterocycles. The van der Waals surface area contributed by atoms with Gasteiger partial charge in [0, 0.05) is 41.6 Å². The van der Waals surface area contributed by atoms with Gasteiger partial charge in [0.25, 0.3) is 11.5 Å². The third-order valence-electron chi connectivity index (χ3n) is 7.95. The maximum Gasteiger partial charge on any atom is 0.408 e. The summed E-state index contributed by atoms with van der Waals surface area (Å²) in [7, 11) is -4.05. The number of amides is 1. The number of benzene rings is 2. The van der Waals surface area contributed by atoms with Crippen molar-refractivity contribution in [3.05, 3.63) is 118 Å². The number of aromatic nitrogens is 6. The van der Waals surface area contributed by atoms with E-state index in [2.05, 4.69) is 41.8 Å². The minimum atomic E-state index is -4.44. The Balaban J connectivity index is 1.27. The highest BCUT2D eigenvalue weighted by Crippen LogP contribution is 2.26. The van der Waals surface area contributed by atoms with Crippen LogP contribution in [0.2, 0.25) is 0 Å². The SMILES string of the molecule is C[C@H](NC(=O)c1c(NS(=O)(=O)NC2CC2)nn2cccnc12)c1cc2cccc(C#Cc3cnn(CC(F)(F)F)c3)c2c(=O)n1-c1ccccc1. The Labute approximate surface area is 288 Å². The second kappa shape index (κ2) is 13.0. The average molecular weight is 716 g/mol. The van der Waals surface area contributed by atoms with Crippen molar-refractivity contribution in [2.75, 3.05) is 4.72 Å². The molecule has 17 heteroatoms. The summed E-state index contributed by atoms with van der Waals surface area (Å²) in [5.41, 5.74) is 1.00. The summed E-state index contributed by atoms with van der Waals surface area (Å²) in [6.07, 6.45) is 2.34. The van der Waals surface area contributed by atoms with E-state index in [1.54, 1.807) is 67.6 Å². The minimum Gasteiger partial charge on any atom is -0.344 e. The zero-order chi connectivity index (χ0) is 35.9. The monoisotopic (exact) mass is 715 g/mol. The Kier molecular flexibility index (Phi) is 8.57. The number of hydrogen-bond acceptors (Lipinski definition) is 7. The predicted molar refractivity (Wildman–Crippen MR) is 181 cm³/mol. The van der Waals surface area contributed by atoms with Crippen LogP contribution in [0.5, 0.6) is 0 Å². The average Bonchev–Trinajstić information content (AvgIpc) is 3.64. The van der Waals surface area contributed by atoms with Gasteiger partial charge in [0.15, 0.2) is 11.5 Å². The first-order valence-corrected chi connectivity index (χ1v) is 17.1. The van der Waals surface area contributed by atoms with E-state index in [4.69, 9.17) is 0 Å². The predicted octanol–water partition coefficient (Wildman–Crippen LogP) is 4.09. The van der Waals surface area contributed by atoms with Crippen LogP contribution in [0, 0.1) is 11.8 Å². The maximum atomic E-state index is 14.4. The quantitative estimate of drug-likeness (QED) is 0.190. The Morgan fingerprint density at radius 3 is 2.61 bits per heavy atom. The smallest absolute Gasteiger partial charge is 0.344 e. The summed E-state index contributed by atoms with van der Waals surface area (Å²) in [6, 6.07) is 16.1. The molecule has 13 nitrogen and oxygen atoms in total. The van der Waals surface area contributed by atoms with E-state index >= 15 is 0 Å². The van der Waals surface area contributed by atoms with Crippen LogP contribution in [0.15, 0.2) is 90.2 Å². The molecule has 4 heterocycles. The zero-order valence-corrected chi connectivity index (χ0v) is 27.5. The molecule has 1 fully saturated rings. The molecule has 1 amide bonds. The topological polar surface area (TPSA) is 157 Å². The normalized spacial score (nSPS) is 13.9. The highest BCUT2D eigenvalue weighted by Gasteiger charge is 2.31. The van der Waals surface area contributed by atoms with Gasteiger partial charge in [0.1, 0.15) is 12.1 Å². The largest absolute Gasteiger partial charge is 0.408 e. The number of carbonyl (C=O) groups is 1. The van der Waals surface area contributed by atoms with E-state index in [0.717, 1.165) is 4.68 Å². The molecule has 0 unspecified atom stereocenters. The molecule has 2 aromatic carbocycles. The molecule has 0 spiro atoms. The molecule has 3 N–H and O–H groups in total. The number of anilines is 1. The number of halogens is 3. The number of carbonyl (C=O) groups excluding carboxylic acids is 1. The van der Waals surface area contributed by atoms with Crippen molar-refractivity contribution in [1.29, 1.82) is 0 Å². The molecule has 1 aliphatic carbocycles. The van der Waals surface area contributed by atoms with Crippen LogP contribution in [-0.2, 0) is 16.8 Å². The second-order valence-electron chi connectivity index (χ2n) is 11.9. The molecular weight excluding hydrogens is 687 g/mol. The first-order chi connectivity index (χ1) is 24.3. The van der Waals surface area contributed by atoms with Crippen LogP contribution in [0.3, 0.4) is 0 Å². The number of para-hydroxylation sites is 1. The van der Waals surface area contributed by atoms with Gasteiger partial charge >= 0.3 is 16.4 Å². The van der Waals surface area contributed by atoms with Crippen LogP contribution in [0.1, 0.15) is 53.0 Å². The Hall–Kier alpha value is -5.99. The fourth-order valence-electron chi connectivity index (χ4n) is 5.57. The number of fused-ring (bicyclic) bond motifs is 2. The number of alkyl halides is 3. The molecule has 4 aromatic heterocycles. The van der Waals surface area contributed by atoms with Gasteiger partial charge in [-0.3, -0.25) is 23.6 Å². The lowest BCUT2D eigenvalue weighted by Gasteiger charge is -2.21. The maximum absolute atomic E-state index is 14.4. The van der Waals surface area contributed by atoms with Crippen molar-refractivity contribution in [2.45, 2.75) is 44.6 Å². The number of nitrogens with zero attached hydrogens (tertiary/aromatic N) is 6. The molecule has 1 atom stereocenters. The Morgan fingerprint density at radius 1 is 1.08 bits per heavy atom. The third-order valence-corrected chi connectivity index (χ3v) is 9.06. The zero-order valence-electron chi connectivity index (χ0n) is 26.7. The first-order valence-electron chi connectivity index (χ1n) is 15.6. The molecule has 260 valence electrons. The summed E-state index contributed by atoms with van der Waals surface area (Å²) in [4.78, 5) is 32.6. The van der Waals surface area contributed by atoms with E-state index in [1.165, 1.54) is 33.9 Å². The number of rotatable bonds is 9. The molecular formula is C34H28F3N9O4S. The number of pyridine rings is 1. The highest BCUT2D eigenvalue weighted by atomic mass is 32.2. The second-order valence-corrected chi connectivity index (χ2v) is 13.4. The van der Waals surface area contributed by atoms with Gasteiger partial charge in [0.05, 0.1) is 23.2 Å². The van der Waals surface area contributed by atoms with E-state index in [-0.39, 0.29) is 34.0 Å². The molecule has 0 radical (unpaired) electrons. The molecule has 1 saturated carbocycles. The molecule has 51 heavy (non-hydrogen) atoms. The standard InChI is InChI=1S/C34H28F3N9O4S/c1-21(40-32(47)29-30(41-45-16-6-15-38-31(29)45)43-51(49,50)42-25-13-14-25)27-17-24-8-5-7-23(12-11-22-18-39-44(19-22)20-34(35,36)37)28(24)33(48)46(27)26-9-3-2-4-10-26/h2-10,15-19,21,25,42H,13-14,20H2,1H3,(H,40,47)(H,41,43)/t21-/m0/s1. The van der Waals surface area contributed by atoms with E-state index in [0.29, 0.717) is 35.2 Å². The summed E-state index contributed by atoms with van der Waals surface area (Å²) in [5, 5.41) is 11.6. The summed E-state index contributed by atoms with van der Waals surface area (Å²) in [5.74, 6) is 4.79. The number of nitrogens with one attached hydrogen (secondary N) is 3. The van der Waals surface area contributed by atoms with Crippen LogP contribution < -0.4 is 20.3 Å². The fraction of sp³-hybridized carbons (Fsp3) is 0.206. The first kappa shape index (κ1) is 33.5. The van der Waals surface area contributed by atoms with Gasteiger partial charge < -0.3 is 5.32 Å². The van der Waals surface area contributed by atoms with Crippen LogP contribution in [0.25, 0.3) is 22.1 Å². The Morgan fingerprint density at radius 2 is 1.86 bits per heavy atom. The van der Waals surface area contributed by atoms with E-state index < -0.39 is 40.4 Å². The molecule has 6 aromatic rings. The molecule has 1 aliphatic rings. The van der Waals surface area contributed by atoms with E-state index in [9.17, 15) is 31.2 Å². The van der Waals surface area contributed by atoms with Crippen molar-refractivity contribution < 1.29 is 26.4 Å². The highest BCUT2D eigenvalue weighted by molar-refractivity contribution is 7.90. The van der Waals surface area contributed by atoms with Gasteiger partial charge in [-0.05, 0) is 55.5 Å². The van der Waals surface area contributed by atoms with Gasteiger partial charge in [-0.2, -0.15) is 31.4 Å². The van der Waals surface area contributed by atoms with Crippen molar-refractivity contribution >= 4 is 38.4 Å². The Bertz CT molecular complexity index is 2530. The van der Waals surface area contributed by atoms with Crippen molar-refractivity contribution in [3.8, 4) is 17.5 Å².